The van der Waals surface area contributed by atoms with Crippen LogP contribution in [-0.4, -0.2) is 31.6 Å². The fourth-order valence-corrected chi connectivity index (χ4v) is 5.22. The number of likely N-dealkylation sites (tertiary alicyclic amines) is 1. The molecule has 2 heteroatoms. The fourth-order valence-electron chi connectivity index (χ4n) is 5.22. The molecule has 2 nitrogen and oxygen atoms in total. The molecule has 3 unspecified atom stereocenters. The van der Waals surface area contributed by atoms with E-state index in [0.29, 0.717) is 11.3 Å². The number of methoxy groups -OCH3 is 1. The Bertz CT molecular complexity index is 581. The van der Waals surface area contributed by atoms with Crippen LogP contribution in [0.3, 0.4) is 0 Å². The van der Waals surface area contributed by atoms with Gasteiger partial charge >= 0.3 is 0 Å². The van der Waals surface area contributed by atoms with Crippen LogP contribution in [0, 0.1) is 11.8 Å². The minimum absolute atomic E-state index is 0.381. The molecule has 1 heterocycles. The quantitative estimate of drug-likeness (QED) is 0.640. The van der Waals surface area contributed by atoms with Gasteiger partial charge in [-0.2, -0.15) is 0 Å². The van der Waals surface area contributed by atoms with E-state index in [9.17, 15) is 0 Å². The van der Waals surface area contributed by atoms with Crippen LogP contribution in [-0.2, 0) is 5.41 Å². The lowest BCUT2D eigenvalue weighted by Crippen LogP contribution is -2.37. The third kappa shape index (κ3) is 4.11. The molecule has 3 atom stereocenters. The second-order valence-corrected chi connectivity index (χ2v) is 8.15. The van der Waals surface area contributed by atoms with Gasteiger partial charge in [-0.15, -0.1) is 0 Å². The summed E-state index contributed by atoms with van der Waals surface area (Å²) in [5, 5.41) is 0. The zero-order chi connectivity index (χ0) is 17.7. The first kappa shape index (κ1) is 18.5. The maximum absolute atomic E-state index is 5.52. The van der Waals surface area contributed by atoms with Crippen LogP contribution in [0.4, 0.5) is 0 Å². The van der Waals surface area contributed by atoms with Crippen LogP contribution in [0.15, 0.2) is 36.4 Å². The molecule has 2 fully saturated rings. The van der Waals surface area contributed by atoms with E-state index in [0.717, 1.165) is 18.1 Å². The standard InChI is InChI=1S/C23H35NO/c1-4-5-9-19(2)17-24-15-8-14-23(13-7-11-21(23)18-24)20-10-6-12-22(16-20)25-3/h5-6,9-10,12,16,19,21H,4,7-8,11,13-15,17-18H2,1-3H3. The maximum atomic E-state index is 5.52. The monoisotopic (exact) mass is 341 g/mol. The number of benzene rings is 1. The molecule has 0 N–H and O–H groups in total. The number of ether oxygens (including phenoxy) is 1. The van der Waals surface area contributed by atoms with Crippen LogP contribution >= 0.6 is 0 Å². The Kier molecular flexibility index (Phi) is 6.22. The summed E-state index contributed by atoms with van der Waals surface area (Å²) in [5.74, 6) is 2.46. The van der Waals surface area contributed by atoms with Gasteiger partial charge in [-0.05, 0) is 73.6 Å². The molecule has 0 spiro atoms. The highest BCUT2D eigenvalue weighted by Crippen LogP contribution is 2.51. The summed E-state index contributed by atoms with van der Waals surface area (Å²) in [7, 11) is 1.78. The molecule has 25 heavy (non-hydrogen) atoms. The van der Waals surface area contributed by atoms with Crippen molar-refractivity contribution in [2.75, 3.05) is 26.7 Å². The predicted molar refractivity (Wildman–Crippen MR) is 106 cm³/mol. The largest absolute Gasteiger partial charge is 0.497 e. The third-order valence-corrected chi connectivity index (χ3v) is 6.42. The normalized spacial score (nSPS) is 28.7. The van der Waals surface area contributed by atoms with Crippen molar-refractivity contribution in [2.45, 2.75) is 57.8 Å². The topological polar surface area (TPSA) is 12.5 Å². The van der Waals surface area contributed by atoms with Gasteiger partial charge in [-0.1, -0.05) is 44.6 Å². The highest BCUT2D eigenvalue weighted by atomic mass is 16.5. The molecule has 3 rings (SSSR count). The number of hydrogen-bond acceptors (Lipinski definition) is 2. The number of allylic oxidation sites excluding steroid dienone is 1. The summed E-state index contributed by atoms with van der Waals surface area (Å²) in [6.07, 6.45) is 12.6. The molecule has 1 saturated carbocycles. The Morgan fingerprint density at radius 2 is 2.16 bits per heavy atom. The van der Waals surface area contributed by atoms with Crippen LogP contribution in [0.2, 0.25) is 0 Å². The van der Waals surface area contributed by atoms with Gasteiger partial charge in [0, 0.05) is 13.1 Å². The molecule has 1 aromatic rings. The van der Waals surface area contributed by atoms with Crippen molar-refractivity contribution in [3.63, 3.8) is 0 Å². The Morgan fingerprint density at radius 3 is 2.96 bits per heavy atom. The van der Waals surface area contributed by atoms with Gasteiger partial charge in [-0.25, -0.2) is 0 Å². The zero-order valence-electron chi connectivity index (χ0n) is 16.3. The molecule has 1 aliphatic carbocycles. The van der Waals surface area contributed by atoms with E-state index in [1.54, 1.807) is 7.11 Å². The predicted octanol–water partition coefficient (Wildman–Crippen LogP) is 5.43. The minimum Gasteiger partial charge on any atom is -0.497 e. The van der Waals surface area contributed by atoms with Gasteiger partial charge in [0.25, 0.3) is 0 Å². The number of fused-ring (bicyclic) bond motifs is 1. The van der Waals surface area contributed by atoms with E-state index >= 15 is 0 Å². The number of rotatable bonds is 6. The van der Waals surface area contributed by atoms with E-state index in [4.69, 9.17) is 4.74 Å². The van der Waals surface area contributed by atoms with Crippen LogP contribution < -0.4 is 4.74 Å². The Morgan fingerprint density at radius 1 is 1.32 bits per heavy atom. The summed E-state index contributed by atoms with van der Waals surface area (Å²) in [4.78, 5) is 2.74. The first-order valence-electron chi connectivity index (χ1n) is 10.2. The number of hydrogen-bond donors (Lipinski definition) is 0. The van der Waals surface area contributed by atoms with Gasteiger partial charge in [-0.3, -0.25) is 0 Å². The van der Waals surface area contributed by atoms with Crippen molar-refractivity contribution < 1.29 is 4.74 Å². The maximum Gasteiger partial charge on any atom is 0.119 e. The molecular weight excluding hydrogens is 306 g/mol. The average molecular weight is 342 g/mol. The lowest BCUT2D eigenvalue weighted by molar-refractivity contribution is 0.209. The zero-order valence-corrected chi connectivity index (χ0v) is 16.3. The van der Waals surface area contributed by atoms with Crippen molar-refractivity contribution in [1.82, 2.24) is 4.90 Å². The van der Waals surface area contributed by atoms with Gasteiger partial charge in [0.1, 0.15) is 5.75 Å². The van der Waals surface area contributed by atoms with Crippen LogP contribution in [0.5, 0.6) is 5.75 Å². The van der Waals surface area contributed by atoms with Crippen molar-refractivity contribution in [2.24, 2.45) is 11.8 Å². The molecule has 2 aliphatic rings. The highest BCUT2D eigenvalue weighted by molar-refractivity contribution is 5.36. The summed E-state index contributed by atoms with van der Waals surface area (Å²) >= 11 is 0. The van der Waals surface area contributed by atoms with E-state index in [2.05, 4.69) is 55.2 Å². The van der Waals surface area contributed by atoms with E-state index in [1.165, 1.54) is 57.3 Å². The van der Waals surface area contributed by atoms with E-state index in [1.807, 2.05) is 0 Å². The average Bonchev–Trinajstić information content (AvgIpc) is 2.95. The second kappa shape index (κ2) is 8.40. The summed E-state index contributed by atoms with van der Waals surface area (Å²) in [6.45, 7) is 8.31. The smallest absolute Gasteiger partial charge is 0.119 e. The van der Waals surface area contributed by atoms with Gasteiger partial charge in [0.2, 0.25) is 0 Å². The third-order valence-electron chi connectivity index (χ3n) is 6.42. The van der Waals surface area contributed by atoms with Crippen molar-refractivity contribution in [3.8, 4) is 5.75 Å². The van der Waals surface area contributed by atoms with Gasteiger partial charge < -0.3 is 9.64 Å². The summed E-state index contributed by atoms with van der Waals surface area (Å²) in [6, 6.07) is 8.91. The first-order chi connectivity index (χ1) is 12.2. The second-order valence-electron chi connectivity index (χ2n) is 8.15. The Hall–Kier alpha value is -1.28. The minimum atomic E-state index is 0.381. The van der Waals surface area contributed by atoms with Crippen LogP contribution in [0.25, 0.3) is 0 Å². The molecule has 0 amide bonds. The highest BCUT2D eigenvalue weighted by Gasteiger charge is 2.45. The fraction of sp³-hybridized carbons (Fsp3) is 0.652. The van der Waals surface area contributed by atoms with E-state index < -0.39 is 0 Å². The molecule has 1 aromatic carbocycles. The van der Waals surface area contributed by atoms with Crippen LogP contribution in [0.1, 0.15) is 57.9 Å². The van der Waals surface area contributed by atoms with E-state index in [-0.39, 0.29) is 0 Å². The molecule has 1 aliphatic heterocycles. The molecule has 0 bridgehead atoms. The van der Waals surface area contributed by atoms with Crippen molar-refractivity contribution >= 4 is 0 Å². The summed E-state index contributed by atoms with van der Waals surface area (Å²) in [5.41, 5.74) is 1.90. The lowest BCUT2D eigenvalue weighted by Gasteiger charge is -2.36. The molecule has 1 saturated heterocycles. The van der Waals surface area contributed by atoms with Crippen molar-refractivity contribution in [3.05, 3.63) is 42.0 Å². The Balaban J connectivity index is 1.76. The molecule has 0 aromatic heterocycles. The number of nitrogens with zero attached hydrogens (tertiary/aromatic N) is 1. The molecular formula is C23H35NO. The van der Waals surface area contributed by atoms with Crippen molar-refractivity contribution in [1.29, 1.82) is 0 Å². The Labute approximate surface area is 154 Å². The van der Waals surface area contributed by atoms with Gasteiger partial charge in [0.15, 0.2) is 0 Å². The SMILES string of the molecule is CCC=CC(C)CN1CCCC2(c3cccc(OC)c3)CCCC2C1. The first-order valence-corrected chi connectivity index (χ1v) is 10.2. The van der Waals surface area contributed by atoms with Gasteiger partial charge in [0.05, 0.1) is 7.11 Å². The summed E-state index contributed by atoms with van der Waals surface area (Å²) < 4.78 is 5.52. The lowest BCUT2D eigenvalue weighted by atomic mass is 9.69. The molecule has 138 valence electrons. The molecule has 0 radical (unpaired) electrons.